The van der Waals surface area contributed by atoms with Crippen molar-refractivity contribution in [2.24, 2.45) is 0 Å². The Morgan fingerprint density at radius 3 is 2.35 bits per heavy atom. The first kappa shape index (κ1) is 14.1. The van der Waals surface area contributed by atoms with E-state index < -0.39 is 0 Å². The van der Waals surface area contributed by atoms with Gasteiger partial charge in [-0.15, -0.1) is 0 Å². The number of amides is 1. The van der Waals surface area contributed by atoms with Gasteiger partial charge in [0.25, 0.3) is 0 Å². The molecule has 0 spiro atoms. The summed E-state index contributed by atoms with van der Waals surface area (Å²) >= 11 is 0. The van der Waals surface area contributed by atoms with Crippen LogP contribution >= 0.6 is 0 Å². The van der Waals surface area contributed by atoms with Crippen LogP contribution in [0.2, 0.25) is 0 Å². The molecule has 1 amide bonds. The maximum Gasteiger partial charge on any atom is 0.226 e. The average Bonchev–Trinajstić information content (AvgIpc) is 2.48. The van der Waals surface area contributed by atoms with E-state index in [1.807, 2.05) is 18.2 Å². The molecule has 0 aliphatic heterocycles. The number of hydrogen-bond donors (Lipinski definition) is 1. The minimum absolute atomic E-state index is 0.0895. The number of hydrogen-bond acceptors (Lipinski definition) is 2. The van der Waals surface area contributed by atoms with Crippen LogP contribution in [0.25, 0.3) is 0 Å². The predicted molar refractivity (Wildman–Crippen MR) is 80.9 cm³/mol. The van der Waals surface area contributed by atoms with Crippen LogP contribution in [0.15, 0.2) is 54.6 Å². The van der Waals surface area contributed by atoms with E-state index in [0.717, 1.165) is 18.5 Å². The monoisotopic (exact) mass is 269 g/mol. The van der Waals surface area contributed by atoms with Gasteiger partial charge in [0.15, 0.2) is 0 Å². The van der Waals surface area contributed by atoms with Crippen molar-refractivity contribution >= 4 is 11.6 Å². The lowest BCUT2D eigenvalue weighted by molar-refractivity contribution is -0.118. The van der Waals surface area contributed by atoms with Gasteiger partial charge in [-0.05, 0) is 42.7 Å². The van der Waals surface area contributed by atoms with Crippen molar-refractivity contribution < 1.29 is 9.90 Å². The van der Waals surface area contributed by atoms with Crippen LogP contribution in [0.4, 0.5) is 5.69 Å². The van der Waals surface area contributed by atoms with E-state index in [1.54, 1.807) is 36.2 Å². The Hall–Kier alpha value is -2.29. The molecule has 2 aromatic carbocycles. The molecule has 0 saturated carbocycles. The Balaban J connectivity index is 1.84. The average molecular weight is 269 g/mol. The molecule has 0 bridgehead atoms. The molecule has 3 nitrogen and oxygen atoms in total. The van der Waals surface area contributed by atoms with Crippen molar-refractivity contribution in [2.45, 2.75) is 19.3 Å². The third-order valence-corrected chi connectivity index (χ3v) is 3.31. The van der Waals surface area contributed by atoms with Gasteiger partial charge < -0.3 is 10.0 Å². The topological polar surface area (TPSA) is 40.5 Å². The van der Waals surface area contributed by atoms with Crippen molar-refractivity contribution in [3.05, 3.63) is 60.2 Å². The summed E-state index contributed by atoms with van der Waals surface area (Å²) in [4.78, 5) is 13.7. The van der Waals surface area contributed by atoms with Gasteiger partial charge in [-0.1, -0.05) is 30.3 Å². The highest BCUT2D eigenvalue weighted by molar-refractivity contribution is 5.92. The van der Waals surface area contributed by atoms with Gasteiger partial charge >= 0.3 is 0 Å². The van der Waals surface area contributed by atoms with Gasteiger partial charge in [0.1, 0.15) is 5.75 Å². The van der Waals surface area contributed by atoms with E-state index in [1.165, 1.54) is 5.56 Å². The minimum Gasteiger partial charge on any atom is -0.508 e. The predicted octanol–water partition coefficient (Wildman–Crippen LogP) is 3.38. The molecule has 20 heavy (non-hydrogen) atoms. The van der Waals surface area contributed by atoms with Gasteiger partial charge in [-0.3, -0.25) is 4.79 Å². The highest BCUT2D eigenvalue weighted by Gasteiger charge is 2.10. The number of aryl methyl sites for hydroxylation is 1. The molecule has 0 atom stereocenters. The molecule has 2 aromatic rings. The first-order valence-corrected chi connectivity index (χ1v) is 6.76. The molecule has 2 rings (SSSR count). The first-order chi connectivity index (χ1) is 9.66. The fraction of sp³-hybridized carbons (Fsp3) is 0.235. The molecule has 0 heterocycles. The molecule has 0 fully saturated rings. The fourth-order valence-corrected chi connectivity index (χ4v) is 2.08. The number of carbonyl (C=O) groups is 1. The second kappa shape index (κ2) is 6.75. The maximum absolute atomic E-state index is 12.1. The smallest absolute Gasteiger partial charge is 0.226 e. The van der Waals surface area contributed by atoms with E-state index in [4.69, 9.17) is 0 Å². The number of nitrogens with zero attached hydrogens (tertiary/aromatic N) is 1. The minimum atomic E-state index is 0.0895. The van der Waals surface area contributed by atoms with E-state index in [2.05, 4.69) is 12.1 Å². The van der Waals surface area contributed by atoms with Crippen LogP contribution in [0, 0.1) is 0 Å². The molecule has 0 aliphatic carbocycles. The summed E-state index contributed by atoms with van der Waals surface area (Å²) in [5, 5.41) is 9.24. The highest BCUT2D eigenvalue weighted by Crippen LogP contribution is 2.18. The van der Waals surface area contributed by atoms with E-state index in [-0.39, 0.29) is 11.7 Å². The molecule has 0 saturated heterocycles. The third-order valence-electron chi connectivity index (χ3n) is 3.31. The number of carbonyl (C=O) groups excluding carboxylic acids is 1. The van der Waals surface area contributed by atoms with Crippen molar-refractivity contribution in [2.75, 3.05) is 11.9 Å². The normalized spacial score (nSPS) is 10.2. The number of phenolic OH excluding ortho intramolecular Hbond substituents is 1. The Bertz CT molecular complexity index is 549. The largest absolute Gasteiger partial charge is 0.508 e. The molecule has 3 heteroatoms. The van der Waals surface area contributed by atoms with Gasteiger partial charge in [0.05, 0.1) is 0 Å². The molecular weight excluding hydrogens is 250 g/mol. The van der Waals surface area contributed by atoms with E-state index in [9.17, 15) is 9.90 Å². The number of rotatable bonds is 5. The summed E-state index contributed by atoms with van der Waals surface area (Å²) in [5.41, 5.74) is 2.06. The molecule has 0 unspecified atom stereocenters. The summed E-state index contributed by atoms with van der Waals surface area (Å²) in [7, 11) is 1.76. The Morgan fingerprint density at radius 2 is 1.70 bits per heavy atom. The number of anilines is 1. The van der Waals surface area contributed by atoms with Crippen molar-refractivity contribution in [3.8, 4) is 5.75 Å². The molecule has 0 aromatic heterocycles. The van der Waals surface area contributed by atoms with Gasteiger partial charge in [-0.25, -0.2) is 0 Å². The fourth-order valence-electron chi connectivity index (χ4n) is 2.08. The summed E-state index contributed by atoms with van der Waals surface area (Å²) in [6, 6.07) is 16.8. The van der Waals surface area contributed by atoms with E-state index in [0.29, 0.717) is 6.42 Å². The summed E-state index contributed by atoms with van der Waals surface area (Å²) in [6.07, 6.45) is 2.27. The van der Waals surface area contributed by atoms with Crippen LogP contribution in [0.5, 0.6) is 5.75 Å². The standard InChI is InChI=1S/C17H19NO2/c1-18(15-10-12-16(19)13-11-15)17(20)9-5-8-14-6-3-2-4-7-14/h2-4,6-7,10-13,19H,5,8-9H2,1H3. The second-order valence-electron chi connectivity index (χ2n) is 4.81. The molecule has 0 aliphatic rings. The van der Waals surface area contributed by atoms with Crippen molar-refractivity contribution in [1.82, 2.24) is 0 Å². The molecular formula is C17H19NO2. The summed E-state index contributed by atoms with van der Waals surface area (Å²) < 4.78 is 0. The van der Waals surface area contributed by atoms with Crippen molar-refractivity contribution in [1.29, 1.82) is 0 Å². The SMILES string of the molecule is CN(C(=O)CCCc1ccccc1)c1ccc(O)cc1. The van der Waals surface area contributed by atoms with Crippen LogP contribution in [-0.2, 0) is 11.2 Å². The van der Waals surface area contributed by atoms with Crippen molar-refractivity contribution in [3.63, 3.8) is 0 Å². The van der Waals surface area contributed by atoms with Crippen LogP contribution < -0.4 is 4.90 Å². The summed E-state index contributed by atoms with van der Waals surface area (Å²) in [6.45, 7) is 0. The highest BCUT2D eigenvalue weighted by atomic mass is 16.3. The lowest BCUT2D eigenvalue weighted by Gasteiger charge is -2.17. The van der Waals surface area contributed by atoms with E-state index >= 15 is 0 Å². The van der Waals surface area contributed by atoms with Gasteiger partial charge in [-0.2, -0.15) is 0 Å². The maximum atomic E-state index is 12.1. The zero-order chi connectivity index (χ0) is 14.4. The van der Waals surface area contributed by atoms with Crippen LogP contribution in [0.1, 0.15) is 18.4 Å². The van der Waals surface area contributed by atoms with Gasteiger partial charge in [0, 0.05) is 19.2 Å². The first-order valence-electron chi connectivity index (χ1n) is 6.76. The number of benzene rings is 2. The molecule has 0 radical (unpaired) electrons. The number of aromatic hydroxyl groups is 1. The lowest BCUT2D eigenvalue weighted by atomic mass is 10.1. The van der Waals surface area contributed by atoms with Crippen LogP contribution in [-0.4, -0.2) is 18.1 Å². The Morgan fingerprint density at radius 1 is 1.05 bits per heavy atom. The van der Waals surface area contributed by atoms with Crippen LogP contribution in [0.3, 0.4) is 0 Å². The zero-order valence-electron chi connectivity index (χ0n) is 11.6. The Labute approximate surface area is 119 Å². The Kier molecular flexibility index (Phi) is 4.77. The third kappa shape index (κ3) is 3.85. The quantitative estimate of drug-likeness (QED) is 0.904. The molecule has 1 N–H and O–H groups in total. The number of phenols is 1. The second-order valence-corrected chi connectivity index (χ2v) is 4.81. The van der Waals surface area contributed by atoms with Gasteiger partial charge in [0.2, 0.25) is 5.91 Å². The summed E-state index contributed by atoms with van der Waals surface area (Å²) in [5.74, 6) is 0.297. The molecule has 104 valence electrons. The zero-order valence-corrected chi connectivity index (χ0v) is 11.6. The lowest BCUT2D eigenvalue weighted by Crippen LogP contribution is -2.25.